The van der Waals surface area contributed by atoms with Gasteiger partial charge in [-0.1, -0.05) is 59.7 Å². The zero-order valence-corrected chi connectivity index (χ0v) is 36.5. The first kappa shape index (κ1) is 41.6. The maximum Gasteiger partial charge on any atom is 0.210 e. The molecule has 0 fully saturated rings. The van der Waals surface area contributed by atoms with Crippen LogP contribution < -0.4 is 10.3 Å². The van der Waals surface area contributed by atoms with E-state index in [1.54, 1.807) is 6.07 Å². The molecule has 0 spiro atoms. The second-order valence-corrected chi connectivity index (χ2v) is 18.0. The van der Waals surface area contributed by atoms with E-state index in [4.69, 9.17) is 0 Å². The molecule has 0 unspecified atom stereocenters. The van der Waals surface area contributed by atoms with Crippen LogP contribution in [0, 0.1) is 68.2 Å². The Labute approximate surface area is 331 Å². The molecule has 4 aromatic carbocycles. The standard InChI is InChI=1S/C49H60N2O3S/c1-26(2)40-24-38(16-18-43(40)50-48-32(10)22-30(8)34(12)36(48)14)46(47-42(28(5)6)20-29(7)21-45(47)55(52,53)54)39-17-19-44(41(25-39)27(3)4)51-49-33(11)23-31(9)35(13)37(49)15/h16-28,50H,1-15H3,(H,52,53,54). The summed E-state index contributed by atoms with van der Waals surface area (Å²) < 4.78 is 39.8. The minimum Gasteiger partial charge on any atom is -0.744 e. The van der Waals surface area contributed by atoms with Crippen LogP contribution in [0.5, 0.6) is 0 Å². The van der Waals surface area contributed by atoms with E-state index in [0.717, 1.165) is 61.7 Å². The number of nitrogens with one attached hydrogen (secondary N) is 2. The highest BCUT2D eigenvalue weighted by atomic mass is 32.2. The highest BCUT2D eigenvalue weighted by Gasteiger charge is 2.28. The lowest BCUT2D eigenvalue weighted by Gasteiger charge is -2.26. The van der Waals surface area contributed by atoms with Crippen molar-refractivity contribution in [3.05, 3.63) is 144 Å². The summed E-state index contributed by atoms with van der Waals surface area (Å²) in [6.45, 7) is 31.9. The van der Waals surface area contributed by atoms with Gasteiger partial charge in [-0.2, -0.15) is 0 Å². The molecular weight excluding hydrogens is 697 g/mol. The number of hydrogen-bond acceptors (Lipinski definition) is 4. The summed E-state index contributed by atoms with van der Waals surface area (Å²) in [5.74, 6) is 0.236. The molecule has 0 radical (unpaired) electrons. The summed E-state index contributed by atoms with van der Waals surface area (Å²) in [5.41, 5.74) is 20.7. The Kier molecular flexibility index (Phi) is 12.0. The summed E-state index contributed by atoms with van der Waals surface area (Å²) in [6, 6.07) is 14.4. The van der Waals surface area contributed by atoms with Crippen LogP contribution in [0.25, 0.3) is 5.57 Å². The molecule has 1 aliphatic rings. The molecule has 0 saturated carbocycles. The zero-order valence-electron chi connectivity index (χ0n) is 35.6. The largest absolute Gasteiger partial charge is 0.744 e. The molecule has 4 aromatic rings. The third-order valence-corrected chi connectivity index (χ3v) is 12.4. The molecule has 0 amide bonds. The highest BCUT2D eigenvalue weighted by molar-refractivity contribution is 7.85. The van der Waals surface area contributed by atoms with Gasteiger partial charge in [0.15, 0.2) is 0 Å². The fourth-order valence-electron chi connectivity index (χ4n) is 8.00. The Morgan fingerprint density at radius 2 is 1.25 bits per heavy atom. The molecule has 0 aliphatic heterocycles. The number of rotatable bonds is 9. The lowest BCUT2D eigenvalue weighted by molar-refractivity contribution is -0.353. The van der Waals surface area contributed by atoms with Gasteiger partial charge in [-0.25, -0.2) is 13.4 Å². The van der Waals surface area contributed by atoms with E-state index in [-0.39, 0.29) is 22.6 Å². The second kappa shape index (κ2) is 15.9. The van der Waals surface area contributed by atoms with Gasteiger partial charge in [0.1, 0.15) is 10.1 Å². The maximum absolute atomic E-state index is 13.3. The Balaban J connectivity index is 1.86. The van der Waals surface area contributed by atoms with Crippen LogP contribution in [0.15, 0.2) is 76.7 Å². The van der Waals surface area contributed by atoms with Crippen molar-refractivity contribution in [2.24, 2.45) is 5.92 Å². The van der Waals surface area contributed by atoms with Gasteiger partial charge in [0.25, 0.3) is 0 Å². The van der Waals surface area contributed by atoms with Gasteiger partial charge < -0.3 is 9.87 Å². The maximum atomic E-state index is 13.3. The van der Waals surface area contributed by atoms with Crippen LogP contribution in [-0.4, -0.2) is 18.7 Å². The Hall–Kier alpha value is -4.52. The quantitative estimate of drug-likeness (QED) is 0.167. The fourth-order valence-corrected chi connectivity index (χ4v) is 8.80. The number of aryl methyl sites for hydroxylation is 5. The van der Waals surface area contributed by atoms with Crippen molar-refractivity contribution < 1.29 is 18.0 Å². The van der Waals surface area contributed by atoms with Gasteiger partial charge >= 0.3 is 0 Å². The van der Waals surface area contributed by atoms with Crippen molar-refractivity contribution in [3.63, 3.8) is 0 Å². The summed E-state index contributed by atoms with van der Waals surface area (Å²) in [7, 11) is -4.85. The molecule has 55 heavy (non-hydrogen) atoms. The van der Waals surface area contributed by atoms with Crippen LogP contribution in [-0.2, 0) is 10.1 Å². The summed E-state index contributed by atoms with van der Waals surface area (Å²) in [4.78, 5) is 3.60. The molecule has 0 atom stereocenters. The zero-order chi connectivity index (χ0) is 40.8. The van der Waals surface area contributed by atoms with E-state index < -0.39 is 10.1 Å². The van der Waals surface area contributed by atoms with E-state index in [2.05, 4.69) is 156 Å². The highest BCUT2D eigenvalue weighted by Crippen LogP contribution is 2.42. The van der Waals surface area contributed by atoms with Crippen molar-refractivity contribution in [2.45, 2.75) is 121 Å². The molecule has 0 bridgehead atoms. The molecule has 6 heteroatoms. The van der Waals surface area contributed by atoms with Gasteiger partial charge in [0.05, 0.1) is 4.90 Å². The van der Waals surface area contributed by atoms with Crippen LogP contribution in [0.2, 0.25) is 0 Å². The van der Waals surface area contributed by atoms with Crippen molar-refractivity contribution >= 4 is 38.5 Å². The molecule has 0 heterocycles. The van der Waals surface area contributed by atoms with Gasteiger partial charge in [0.2, 0.25) is 11.4 Å². The van der Waals surface area contributed by atoms with Crippen molar-refractivity contribution in [3.8, 4) is 0 Å². The SMILES string of the molecule is Cc1cc(C(C)C)c(C(=C2C=CC(=[NH+]c3c(C)cc(C)c(C)c3C)C(C(C)C)=C2)c2ccc(Nc3c(C)cc(C)c(C)c3C)c(C(C)C)c2)c(S(=O)(=O)[O-])c1. The van der Waals surface area contributed by atoms with E-state index in [9.17, 15) is 13.0 Å². The monoisotopic (exact) mass is 756 g/mol. The Morgan fingerprint density at radius 3 is 1.84 bits per heavy atom. The molecule has 5 rings (SSSR count). The van der Waals surface area contributed by atoms with E-state index in [1.165, 1.54) is 44.5 Å². The van der Waals surface area contributed by atoms with E-state index in [0.29, 0.717) is 5.56 Å². The molecule has 0 aromatic heterocycles. The predicted molar refractivity (Wildman–Crippen MR) is 232 cm³/mol. The fraction of sp³-hybridized carbons (Fsp3) is 0.367. The van der Waals surface area contributed by atoms with Crippen molar-refractivity contribution in [2.75, 3.05) is 5.32 Å². The topological polar surface area (TPSA) is 83.2 Å². The number of hydrogen-bond donors (Lipinski definition) is 2. The minimum atomic E-state index is -4.85. The molecule has 2 N–H and O–H groups in total. The summed E-state index contributed by atoms with van der Waals surface area (Å²) in [5, 5.41) is 3.78. The third-order valence-electron chi connectivity index (χ3n) is 11.6. The molecule has 1 aliphatic carbocycles. The predicted octanol–water partition coefficient (Wildman–Crippen LogP) is 11.2. The van der Waals surface area contributed by atoms with Gasteiger partial charge in [0, 0.05) is 39.7 Å². The van der Waals surface area contributed by atoms with Crippen LogP contribution in [0.4, 0.5) is 17.1 Å². The smallest absolute Gasteiger partial charge is 0.210 e. The molecule has 5 nitrogen and oxygen atoms in total. The van der Waals surface area contributed by atoms with Crippen LogP contribution in [0.3, 0.4) is 0 Å². The van der Waals surface area contributed by atoms with Gasteiger partial charge in [-0.3, -0.25) is 0 Å². The number of allylic oxidation sites excluding steroid dienone is 5. The third kappa shape index (κ3) is 8.36. The second-order valence-electron chi connectivity index (χ2n) is 16.6. The average Bonchev–Trinajstić information content (AvgIpc) is 3.10. The van der Waals surface area contributed by atoms with Crippen LogP contribution >= 0.6 is 0 Å². The first-order valence-corrected chi connectivity index (χ1v) is 21.0. The number of benzene rings is 4. The van der Waals surface area contributed by atoms with Gasteiger partial charge in [-0.15, -0.1) is 0 Å². The summed E-state index contributed by atoms with van der Waals surface area (Å²) in [6.07, 6.45) is 6.36. The van der Waals surface area contributed by atoms with Crippen molar-refractivity contribution in [1.82, 2.24) is 0 Å². The first-order chi connectivity index (χ1) is 25.6. The Morgan fingerprint density at radius 1 is 0.655 bits per heavy atom. The van der Waals surface area contributed by atoms with E-state index >= 15 is 0 Å². The van der Waals surface area contributed by atoms with Crippen LogP contribution in [0.1, 0.15) is 126 Å². The molecule has 290 valence electrons. The summed E-state index contributed by atoms with van der Waals surface area (Å²) >= 11 is 0. The van der Waals surface area contributed by atoms with E-state index in [1.807, 2.05) is 13.0 Å². The lowest BCUT2D eigenvalue weighted by Crippen LogP contribution is -2.67. The lowest BCUT2D eigenvalue weighted by atomic mass is 9.81. The number of anilines is 2. The normalized spacial score (nSPS) is 15.1. The Bertz CT molecular complexity index is 2440. The molecular formula is C49H60N2O3S. The minimum absolute atomic E-state index is 0.0483. The average molecular weight is 757 g/mol. The molecule has 0 saturated heterocycles. The van der Waals surface area contributed by atoms with Crippen molar-refractivity contribution in [1.29, 1.82) is 0 Å². The first-order valence-electron chi connectivity index (χ1n) is 19.6. The van der Waals surface area contributed by atoms with Gasteiger partial charge in [-0.05, 0) is 183 Å².